The Bertz CT molecular complexity index is 420. The first-order valence-corrected chi connectivity index (χ1v) is 6.29. The van der Waals surface area contributed by atoms with Gasteiger partial charge in [0.25, 0.3) is 0 Å². The summed E-state index contributed by atoms with van der Waals surface area (Å²) in [5.41, 5.74) is 6.70. The van der Waals surface area contributed by atoms with Crippen LogP contribution in [0.2, 0.25) is 5.02 Å². The smallest absolute Gasteiger partial charge is 0.239 e. The minimum atomic E-state index is -0.446. The fraction of sp³-hybridized carbons (Fsp3) is 0.462. The van der Waals surface area contributed by atoms with Gasteiger partial charge in [-0.3, -0.25) is 4.79 Å². The number of carbonyl (C=O) groups excluding carboxylic acids is 1. The quantitative estimate of drug-likeness (QED) is 0.878. The van der Waals surface area contributed by atoms with E-state index in [0.717, 1.165) is 30.0 Å². The number of nitrogens with zero attached hydrogens (tertiary/aromatic N) is 1. The zero-order chi connectivity index (χ0) is 12.4. The molecule has 17 heavy (non-hydrogen) atoms. The highest BCUT2D eigenvalue weighted by Gasteiger charge is 2.32. The Balaban J connectivity index is 2.26. The van der Waals surface area contributed by atoms with Gasteiger partial charge in [-0.25, -0.2) is 0 Å². The van der Waals surface area contributed by atoms with Gasteiger partial charge in [-0.05, 0) is 31.4 Å². The lowest BCUT2D eigenvalue weighted by atomic mass is 10.0. The predicted molar refractivity (Wildman–Crippen MR) is 68.8 cm³/mol. The monoisotopic (exact) mass is 252 g/mol. The van der Waals surface area contributed by atoms with Crippen LogP contribution in [0.25, 0.3) is 0 Å². The summed E-state index contributed by atoms with van der Waals surface area (Å²) in [5, 5.41) is 0.724. The van der Waals surface area contributed by atoms with Crippen LogP contribution in [0.15, 0.2) is 24.3 Å². The van der Waals surface area contributed by atoms with E-state index in [1.165, 1.54) is 0 Å². The van der Waals surface area contributed by atoms with Gasteiger partial charge in [0.05, 0.1) is 12.1 Å². The largest absolute Gasteiger partial charge is 0.334 e. The number of carbonyl (C=O) groups is 1. The third kappa shape index (κ3) is 2.45. The Morgan fingerprint density at radius 2 is 2.24 bits per heavy atom. The van der Waals surface area contributed by atoms with Crippen LogP contribution in [0.4, 0.5) is 0 Å². The zero-order valence-electron chi connectivity index (χ0n) is 9.90. The fourth-order valence-corrected chi connectivity index (χ4v) is 2.62. The maximum absolute atomic E-state index is 12.0. The van der Waals surface area contributed by atoms with E-state index in [0.29, 0.717) is 0 Å². The van der Waals surface area contributed by atoms with Crippen molar-refractivity contribution < 1.29 is 4.79 Å². The first kappa shape index (κ1) is 12.4. The molecule has 0 aromatic heterocycles. The lowest BCUT2D eigenvalue weighted by Crippen LogP contribution is -2.41. The average Bonchev–Trinajstić information content (AvgIpc) is 2.77. The molecule has 0 radical (unpaired) electrons. The van der Waals surface area contributed by atoms with E-state index in [1.54, 1.807) is 6.92 Å². The zero-order valence-corrected chi connectivity index (χ0v) is 10.7. The molecule has 1 aliphatic heterocycles. The van der Waals surface area contributed by atoms with Crippen LogP contribution in [0, 0.1) is 0 Å². The third-order valence-electron chi connectivity index (χ3n) is 3.19. The molecule has 1 aromatic rings. The molecule has 1 aliphatic rings. The van der Waals surface area contributed by atoms with E-state index in [1.807, 2.05) is 29.2 Å². The van der Waals surface area contributed by atoms with Crippen molar-refractivity contribution in [2.45, 2.75) is 31.8 Å². The topological polar surface area (TPSA) is 46.3 Å². The van der Waals surface area contributed by atoms with Crippen LogP contribution < -0.4 is 5.73 Å². The van der Waals surface area contributed by atoms with Gasteiger partial charge >= 0.3 is 0 Å². The molecule has 0 unspecified atom stereocenters. The minimum absolute atomic E-state index is 0.00687. The minimum Gasteiger partial charge on any atom is -0.334 e. The molecule has 92 valence electrons. The van der Waals surface area contributed by atoms with Crippen molar-refractivity contribution in [3.05, 3.63) is 34.9 Å². The molecule has 2 atom stereocenters. The molecule has 4 heteroatoms. The maximum atomic E-state index is 12.0. The van der Waals surface area contributed by atoms with Gasteiger partial charge in [-0.2, -0.15) is 0 Å². The Hall–Kier alpha value is -1.06. The van der Waals surface area contributed by atoms with Gasteiger partial charge in [-0.15, -0.1) is 0 Å². The van der Waals surface area contributed by atoms with E-state index < -0.39 is 6.04 Å². The molecule has 1 amide bonds. The number of rotatable bonds is 2. The van der Waals surface area contributed by atoms with Crippen molar-refractivity contribution >= 4 is 17.5 Å². The summed E-state index contributed by atoms with van der Waals surface area (Å²) in [6, 6.07) is 7.34. The second kappa shape index (κ2) is 5.07. The summed E-state index contributed by atoms with van der Waals surface area (Å²) in [4.78, 5) is 13.9. The van der Waals surface area contributed by atoms with E-state index in [-0.39, 0.29) is 11.9 Å². The van der Waals surface area contributed by atoms with Gasteiger partial charge in [0, 0.05) is 11.6 Å². The number of likely N-dealkylation sites (tertiary alicyclic amines) is 1. The maximum Gasteiger partial charge on any atom is 0.239 e. The third-order valence-corrected chi connectivity index (χ3v) is 3.53. The standard InChI is InChI=1S/C13H17ClN2O/c1-9(15)13(17)16-8-4-7-12(16)10-5-2-3-6-11(10)14/h2-3,5-6,9,12H,4,7-8,15H2,1H3/t9-,12+/m1/s1. The molecule has 0 aliphatic carbocycles. The van der Waals surface area contributed by atoms with Crippen LogP contribution >= 0.6 is 11.6 Å². The van der Waals surface area contributed by atoms with Crippen molar-refractivity contribution in [2.24, 2.45) is 5.73 Å². The van der Waals surface area contributed by atoms with Gasteiger partial charge in [0.2, 0.25) is 5.91 Å². The molecule has 1 heterocycles. The fourth-order valence-electron chi connectivity index (χ4n) is 2.36. The molecule has 2 N–H and O–H groups in total. The first-order valence-electron chi connectivity index (χ1n) is 5.91. The van der Waals surface area contributed by atoms with Crippen molar-refractivity contribution in [3.63, 3.8) is 0 Å². The molecule has 0 spiro atoms. The number of amides is 1. The van der Waals surface area contributed by atoms with E-state index >= 15 is 0 Å². The number of hydrogen-bond acceptors (Lipinski definition) is 2. The van der Waals surface area contributed by atoms with Crippen molar-refractivity contribution in [1.29, 1.82) is 0 Å². The molecule has 1 saturated heterocycles. The predicted octanol–water partition coefficient (Wildman–Crippen LogP) is 2.35. The number of halogens is 1. The second-order valence-electron chi connectivity index (χ2n) is 4.50. The second-order valence-corrected chi connectivity index (χ2v) is 4.91. The Labute approximate surface area is 107 Å². The van der Waals surface area contributed by atoms with E-state index in [2.05, 4.69) is 0 Å². The molecular formula is C13H17ClN2O. The summed E-state index contributed by atoms with van der Waals surface area (Å²) in [6.45, 7) is 2.50. The lowest BCUT2D eigenvalue weighted by Gasteiger charge is -2.27. The lowest BCUT2D eigenvalue weighted by molar-refractivity contribution is -0.133. The molecule has 1 aromatic carbocycles. The van der Waals surface area contributed by atoms with Crippen molar-refractivity contribution in [2.75, 3.05) is 6.54 Å². The van der Waals surface area contributed by atoms with Crippen LogP contribution in [-0.2, 0) is 4.79 Å². The number of benzene rings is 1. The summed E-state index contributed by atoms with van der Waals surface area (Å²) in [6.07, 6.45) is 1.97. The Morgan fingerprint density at radius 1 is 1.53 bits per heavy atom. The van der Waals surface area contributed by atoms with E-state index in [4.69, 9.17) is 17.3 Å². The average molecular weight is 253 g/mol. The Kier molecular flexibility index (Phi) is 3.69. The van der Waals surface area contributed by atoms with Crippen molar-refractivity contribution in [3.8, 4) is 0 Å². The molecule has 3 nitrogen and oxygen atoms in total. The van der Waals surface area contributed by atoms with Crippen LogP contribution in [-0.4, -0.2) is 23.4 Å². The van der Waals surface area contributed by atoms with Crippen LogP contribution in [0.3, 0.4) is 0 Å². The summed E-state index contributed by atoms with van der Waals surface area (Å²) in [7, 11) is 0. The molecule has 0 bridgehead atoms. The van der Waals surface area contributed by atoms with Gasteiger partial charge in [0.1, 0.15) is 0 Å². The van der Waals surface area contributed by atoms with Crippen LogP contribution in [0.1, 0.15) is 31.4 Å². The highest BCUT2D eigenvalue weighted by atomic mass is 35.5. The molecule has 0 saturated carbocycles. The highest BCUT2D eigenvalue weighted by Crippen LogP contribution is 2.35. The first-order chi connectivity index (χ1) is 8.11. The van der Waals surface area contributed by atoms with Gasteiger partial charge in [0.15, 0.2) is 0 Å². The van der Waals surface area contributed by atoms with Crippen LogP contribution in [0.5, 0.6) is 0 Å². The SMILES string of the molecule is C[C@@H](N)C(=O)N1CCC[C@H]1c1ccccc1Cl. The molecular weight excluding hydrogens is 236 g/mol. The number of hydrogen-bond donors (Lipinski definition) is 1. The molecule has 2 rings (SSSR count). The number of nitrogens with two attached hydrogens (primary N) is 1. The van der Waals surface area contributed by atoms with Crippen molar-refractivity contribution in [1.82, 2.24) is 4.90 Å². The normalized spacial score (nSPS) is 21.6. The summed E-state index contributed by atoms with van der Waals surface area (Å²) >= 11 is 6.18. The highest BCUT2D eigenvalue weighted by molar-refractivity contribution is 6.31. The van der Waals surface area contributed by atoms with Gasteiger partial charge < -0.3 is 10.6 Å². The molecule has 1 fully saturated rings. The summed E-state index contributed by atoms with van der Waals surface area (Å²) in [5.74, 6) is 0.00687. The van der Waals surface area contributed by atoms with Gasteiger partial charge in [-0.1, -0.05) is 29.8 Å². The summed E-state index contributed by atoms with van der Waals surface area (Å²) < 4.78 is 0. The Morgan fingerprint density at radius 3 is 2.88 bits per heavy atom. The van der Waals surface area contributed by atoms with E-state index in [9.17, 15) is 4.79 Å².